The quantitative estimate of drug-likeness (QED) is 0.868. The van der Waals surface area contributed by atoms with Crippen molar-refractivity contribution in [1.82, 2.24) is 4.90 Å². The van der Waals surface area contributed by atoms with E-state index in [4.69, 9.17) is 5.14 Å². The van der Waals surface area contributed by atoms with Crippen LogP contribution in [0.4, 0.5) is 5.69 Å². The summed E-state index contributed by atoms with van der Waals surface area (Å²) in [6.45, 7) is 3.48. The van der Waals surface area contributed by atoms with E-state index < -0.39 is 10.0 Å². The molecule has 0 aliphatic carbocycles. The molecule has 2 aromatic carbocycles. The minimum Gasteiger partial charge on any atom is -0.325 e. The van der Waals surface area contributed by atoms with E-state index in [0.717, 1.165) is 19.5 Å². The number of amides is 1. The number of nitrogens with zero attached hydrogens (tertiary/aromatic N) is 1. The van der Waals surface area contributed by atoms with Gasteiger partial charge in [-0.15, -0.1) is 0 Å². The van der Waals surface area contributed by atoms with Crippen molar-refractivity contribution in [3.63, 3.8) is 0 Å². The number of hydrogen-bond acceptors (Lipinski definition) is 4. The first kappa shape index (κ1) is 17.6. The molecular weight excluding hydrogens is 338 g/mol. The van der Waals surface area contributed by atoms with Gasteiger partial charge in [0.05, 0.1) is 11.4 Å². The molecule has 1 aliphatic rings. The number of anilines is 1. The van der Waals surface area contributed by atoms with Crippen LogP contribution in [0.2, 0.25) is 0 Å². The number of aryl methyl sites for hydroxylation is 1. The van der Waals surface area contributed by atoms with Crippen LogP contribution >= 0.6 is 0 Å². The normalized spacial score (nSPS) is 14.8. The maximum atomic E-state index is 12.3. The number of benzene rings is 2. The van der Waals surface area contributed by atoms with Crippen LogP contribution in [0.3, 0.4) is 0 Å². The van der Waals surface area contributed by atoms with Crippen molar-refractivity contribution in [2.75, 3.05) is 18.4 Å². The number of nitrogens with two attached hydrogens (primary N) is 1. The summed E-state index contributed by atoms with van der Waals surface area (Å²) in [4.78, 5) is 14.4. The highest BCUT2D eigenvalue weighted by Crippen LogP contribution is 2.20. The van der Waals surface area contributed by atoms with Crippen LogP contribution in [-0.2, 0) is 27.8 Å². The van der Waals surface area contributed by atoms with E-state index in [-0.39, 0.29) is 17.3 Å². The number of carbonyl (C=O) groups excluding carboxylic acids is 1. The Kier molecular flexibility index (Phi) is 4.89. The molecule has 6 nitrogen and oxygen atoms in total. The summed E-state index contributed by atoms with van der Waals surface area (Å²) in [5.74, 6) is -0.177. The Morgan fingerprint density at radius 1 is 1.20 bits per heavy atom. The second kappa shape index (κ2) is 6.95. The molecule has 0 unspecified atom stereocenters. The molecule has 3 rings (SSSR count). The van der Waals surface area contributed by atoms with Gasteiger partial charge in [-0.1, -0.05) is 30.3 Å². The molecule has 0 atom stereocenters. The molecule has 0 spiro atoms. The number of primary sulfonamides is 1. The lowest BCUT2D eigenvalue weighted by Gasteiger charge is -2.28. The van der Waals surface area contributed by atoms with Crippen LogP contribution in [0, 0.1) is 6.92 Å². The van der Waals surface area contributed by atoms with E-state index in [1.165, 1.54) is 17.2 Å². The summed E-state index contributed by atoms with van der Waals surface area (Å²) in [7, 11) is -3.81. The lowest BCUT2D eigenvalue weighted by atomic mass is 10.00. The average Bonchev–Trinajstić information content (AvgIpc) is 2.55. The Labute approximate surface area is 147 Å². The van der Waals surface area contributed by atoms with Crippen molar-refractivity contribution >= 4 is 21.6 Å². The van der Waals surface area contributed by atoms with E-state index in [9.17, 15) is 13.2 Å². The van der Waals surface area contributed by atoms with E-state index in [0.29, 0.717) is 11.3 Å². The van der Waals surface area contributed by atoms with Crippen molar-refractivity contribution in [3.8, 4) is 0 Å². The zero-order valence-corrected chi connectivity index (χ0v) is 14.8. The van der Waals surface area contributed by atoms with Crippen LogP contribution in [0.25, 0.3) is 0 Å². The van der Waals surface area contributed by atoms with Gasteiger partial charge >= 0.3 is 0 Å². The summed E-state index contributed by atoms with van der Waals surface area (Å²) in [5, 5.41) is 7.96. The largest absolute Gasteiger partial charge is 0.325 e. The van der Waals surface area contributed by atoms with E-state index in [2.05, 4.69) is 22.3 Å². The zero-order valence-electron chi connectivity index (χ0n) is 14.0. The molecule has 0 bridgehead atoms. The highest BCUT2D eigenvalue weighted by atomic mass is 32.2. The van der Waals surface area contributed by atoms with Gasteiger partial charge < -0.3 is 5.32 Å². The number of fused-ring (bicyclic) bond motifs is 1. The third-order valence-electron chi connectivity index (χ3n) is 4.36. The van der Waals surface area contributed by atoms with Crippen molar-refractivity contribution in [2.45, 2.75) is 24.8 Å². The highest BCUT2D eigenvalue weighted by Gasteiger charge is 2.19. The molecule has 1 aliphatic heterocycles. The van der Waals surface area contributed by atoms with Gasteiger partial charge in [-0.25, -0.2) is 13.6 Å². The average molecular weight is 359 g/mol. The minimum atomic E-state index is -3.81. The van der Waals surface area contributed by atoms with Gasteiger partial charge in [0.2, 0.25) is 15.9 Å². The van der Waals surface area contributed by atoms with Crippen LogP contribution < -0.4 is 10.5 Å². The smallest absolute Gasteiger partial charge is 0.238 e. The standard InChI is InChI=1S/C18H21N3O3S/c1-13-6-7-16(10-17(13)25(19,23)24)20-18(22)12-21-9-8-14-4-2-3-5-15(14)11-21/h2-7,10H,8-9,11-12H2,1H3,(H,20,22)(H2,19,23,24). The van der Waals surface area contributed by atoms with Gasteiger partial charge in [-0.3, -0.25) is 9.69 Å². The molecule has 2 aromatic rings. The predicted octanol–water partition coefficient (Wildman–Crippen LogP) is 1.64. The predicted molar refractivity (Wildman–Crippen MR) is 96.6 cm³/mol. The number of nitrogens with one attached hydrogen (secondary N) is 1. The van der Waals surface area contributed by atoms with Crippen molar-refractivity contribution in [2.24, 2.45) is 5.14 Å². The fourth-order valence-electron chi connectivity index (χ4n) is 3.08. The number of hydrogen-bond donors (Lipinski definition) is 2. The van der Waals surface area contributed by atoms with Gasteiger partial charge in [0.25, 0.3) is 0 Å². The topological polar surface area (TPSA) is 92.5 Å². The third-order valence-corrected chi connectivity index (χ3v) is 5.41. The zero-order chi connectivity index (χ0) is 18.0. The second-order valence-electron chi connectivity index (χ2n) is 6.30. The maximum absolute atomic E-state index is 12.3. The third kappa shape index (κ3) is 4.25. The number of sulfonamides is 1. The summed E-state index contributed by atoms with van der Waals surface area (Å²) < 4.78 is 23.2. The van der Waals surface area contributed by atoms with Crippen LogP contribution in [0.1, 0.15) is 16.7 Å². The monoisotopic (exact) mass is 359 g/mol. The van der Waals surface area contributed by atoms with Crippen molar-refractivity contribution in [1.29, 1.82) is 0 Å². The van der Waals surface area contributed by atoms with Gasteiger partial charge in [0.1, 0.15) is 0 Å². The van der Waals surface area contributed by atoms with Crippen LogP contribution in [-0.4, -0.2) is 32.3 Å². The van der Waals surface area contributed by atoms with Crippen molar-refractivity contribution in [3.05, 3.63) is 59.2 Å². The Bertz CT molecular complexity index is 910. The summed E-state index contributed by atoms with van der Waals surface area (Å²) in [6, 6.07) is 12.9. The molecule has 0 fully saturated rings. The minimum absolute atomic E-state index is 0.0252. The molecule has 0 saturated carbocycles. The lowest BCUT2D eigenvalue weighted by Crippen LogP contribution is -2.37. The van der Waals surface area contributed by atoms with Crippen molar-refractivity contribution < 1.29 is 13.2 Å². The number of carbonyl (C=O) groups is 1. The van der Waals surface area contributed by atoms with Gasteiger partial charge in [-0.05, 0) is 42.2 Å². The molecule has 0 radical (unpaired) electrons. The summed E-state index contributed by atoms with van der Waals surface area (Å²) in [5.41, 5.74) is 3.55. The molecule has 132 valence electrons. The first-order valence-electron chi connectivity index (χ1n) is 8.05. The Hall–Kier alpha value is -2.22. The Morgan fingerprint density at radius 3 is 2.64 bits per heavy atom. The Morgan fingerprint density at radius 2 is 1.92 bits per heavy atom. The van der Waals surface area contributed by atoms with Gasteiger partial charge in [0.15, 0.2) is 0 Å². The molecular formula is C18H21N3O3S. The molecule has 0 aromatic heterocycles. The van der Waals surface area contributed by atoms with Gasteiger partial charge in [0, 0.05) is 18.8 Å². The van der Waals surface area contributed by atoms with Crippen LogP contribution in [0.15, 0.2) is 47.4 Å². The SMILES string of the molecule is Cc1ccc(NC(=O)CN2CCc3ccccc3C2)cc1S(N)(=O)=O. The first-order chi connectivity index (χ1) is 11.8. The molecule has 1 heterocycles. The maximum Gasteiger partial charge on any atom is 0.238 e. The highest BCUT2D eigenvalue weighted by molar-refractivity contribution is 7.89. The fourth-order valence-corrected chi connectivity index (χ4v) is 3.89. The molecule has 25 heavy (non-hydrogen) atoms. The van der Waals surface area contributed by atoms with E-state index >= 15 is 0 Å². The first-order valence-corrected chi connectivity index (χ1v) is 9.60. The molecule has 3 N–H and O–H groups in total. The summed E-state index contributed by atoms with van der Waals surface area (Å²) >= 11 is 0. The Balaban J connectivity index is 1.66. The second-order valence-corrected chi connectivity index (χ2v) is 7.83. The van der Waals surface area contributed by atoms with Gasteiger partial charge in [-0.2, -0.15) is 0 Å². The molecule has 0 saturated heterocycles. The molecule has 7 heteroatoms. The van der Waals surface area contributed by atoms with E-state index in [1.807, 2.05) is 12.1 Å². The van der Waals surface area contributed by atoms with E-state index in [1.54, 1.807) is 19.1 Å². The van der Waals surface area contributed by atoms with Crippen LogP contribution in [0.5, 0.6) is 0 Å². The summed E-state index contributed by atoms with van der Waals surface area (Å²) in [6.07, 6.45) is 0.920. The number of rotatable bonds is 4. The molecule has 1 amide bonds. The fraction of sp³-hybridized carbons (Fsp3) is 0.278. The lowest BCUT2D eigenvalue weighted by molar-refractivity contribution is -0.117.